The molecule has 0 saturated heterocycles. The predicted molar refractivity (Wildman–Crippen MR) is 58.5 cm³/mol. The molecule has 1 aromatic carbocycles. The number of carbonyl (C=O) groups excluding carboxylic acids is 1. The molecule has 0 bridgehead atoms. The fourth-order valence-corrected chi connectivity index (χ4v) is 2.00. The Hall–Kier alpha value is -1.42. The second kappa shape index (κ2) is 3.87. The van der Waals surface area contributed by atoms with Gasteiger partial charge in [-0.15, -0.1) is 0 Å². The average molecular weight is 223 g/mol. The zero-order valence-corrected chi connectivity index (χ0v) is 9.09. The highest BCUT2D eigenvalue weighted by atomic mass is 19.1. The monoisotopic (exact) mass is 223 g/mol. The Morgan fingerprint density at radius 1 is 1.50 bits per heavy atom. The maximum Gasteiger partial charge on any atom is 0.221 e. The molecule has 1 aromatic rings. The molecule has 1 aliphatic carbocycles. The van der Waals surface area contributed by atoms with E-state index in [2.05, 4.69) is 5.32 Å². The Kier molecular flexibility index (Phi) is 2.68. The lowest BCUT2D eigenvalue weighted by Gasteiger charge is -2.38. The quantitative estimate of drug-likeness (QED) is 0.807. The van der Waals surface area contributed by atoms with Gasteiger partial charge in [-0.05, 0) is 31.4 Å². The van der Waals surface area contributed by atoms with Gasteiger partial charge in [0.25, 0.3) is 0 Å². The Labute approximate surface area is 93.3 Å². The summed E-state index contributed by atoms with van der Waals surface area (Å²) in [5.41, 5.74) is 0.0796. The maximum atomic E-state index is 13.1. The van der Waals surface area contributed by atoms with Gasteiger partial charge in [0, 0.05) is 18.2 Å². The van der Waals surface area contributed by atoms with Gasteiger partial charge in [0.2, 0.25) is 5.91 Å². The number of hydrogen-bond donors (Lipinski definition) is 2. The summed E-state index contributed by atoms with van der Waals surface area (Å²) in [6.07, 6.45) is 2.27. The van der Waals surface area contributed by atoms with Crippen molar-refractivity contribution in [3.63, 3.8) is 0 Å². The normalized spacial score (nSPS) is 17.7. The number of carbonyl (C=O) groups is 1. The van der Waals surface area contributed by atoms with Crippen molar-refractivity contribution in [2.75, 3.05) is 5.32 Å². The van der Waals surface area contributed by atoms with E-state index in [-0.39, 0.29) is 5.91 Å². The molecule has 1 saturated carbocycles. The van der Waals surface area contributed by atoms with Crippen LogP contribution >= 0.6 is 0 Å². The average Bonchev–Trinajstić information content (AvgIpc) is 2.13. The summed E-state index contributed by atoms with van der Waals surface area (Å²) in [6, 6.07) is 4.09. The topological polar surface area (TPSA) is 49.3 Å². The van der Waals surface area contributed by atoms with Crippen LogP contribution < -0.4 is 5.32 Å². The number of halogens is 1. The van der Waals surface area contributed by atoms with E-state index in [1.54, 1.807) is 6.07 Å². The molecule has 3 nitrogen and oxygen atoms in total. The number of hydrogen-bond acceptors (Lipinski definition) is 2. The molecular weight excluding hydrogens is 209 g/mol. The number of rotatable bonds is 2. The Morgan fingerprint density at radius 2 is 2.19 bits per heavy atom. The van der Waals surface area contributed by atoms with Gasteiger partial charge in [-0.3, -0.25) is 4.79 Å². The van der Waals surface area contributed by atoms with E-state index in [0.717, 1.165) is 6.42 Å². The van der Waals surface area contributed by atoms with Crippen molar-refractivity contribution in [3.05, 3.63) is 29.6 Å². The maximum absolute atomic E-state index is 13.1. The minimum Gasteiger partial charge on any atom is -0.385 e. The Morgan fingerprint density at radius 3 is 2.69 bits per heavy atom. The second-order valence-corrected chi connectivity index (χ2v) is 4.26. The van der Waals surface area contributed by atoms with E-state index < -0.39 is 11.4 Å². The van der Waals surface area contributed by atoms with Crippen molar-refractivity contribution in [3.8, 4) is 0 Å². The molecule has 0 heterocycles. The highest BCUT2D eigenvalue weighted by molar-refractivity contribution is 5.89. The van der Waals surface area contributed by atoms with Gasteiger partial charge in [0.15, 0.2) is 0 Å². The van der Waals surface area contributed by atoms with Crippen LogP contribution in [0.3, 0.4) is 0 Å². The summed E-state index contributed by atoms with van der Waals surface area (Å²) in [6.45, 7) is 1.36. The van der Waals surface area contributed by atoms with Gasteiger partial charge in [-0.1, -0.05) is 6.07 Å². The molecule has 2 rings (SSSR count). The molecular formula is C12H14FNO2. The van der Waals surface area contributed by atoms with Crippen LogP contribution in [0.4, 0.5) is 10.1 Å². The summed E-state index contributed by atoms with van der Waals surface area (Å²) >= 11 is 0. The molecule has 1 aliphatic rings. The van der Waals surface area contributed by atoms with Crippen LogP contribution in [-0.2, 0) is 10.4 Å². The molecule has 0 aromatic heterocycles. The van der Waals surface area contributed by atoms with Crippen LogP contribution in [0.1, 0.15) is 31.7 Å². The highest BCUT2D eigenvalue weighted by Gasteiger charge is 2.38. The van der Waals surface area contributed by atoms with Crippen molar-refractivity contribution in [1.82, 2.24) is 0 Å². The van der Waals surface area contributed by atoms with Gasteiger partial charge < -0.3 is 10.4 Å². The minimum absolute atomic E-state index is 0.269. The second-order valence-electron chi connectivity index (χ2n) is 4.26. The summed E-state index contributed by atoms with van der Waals surface area (Å²) in [5.74, 6) is -0.690. The minimum atomic E-state index is -0.897. The summed E-state index contributed by atoms with van der Waals surface area (Å²) in [7, 11) is 0. The fraction of sp³-hybridized carbons (Fsp3) is 0.417. The lowest BCUT2D eigenvalue weighted by atomic mass is 9.74. The number of aliphatic hydroxyl groups is 1. The van der Waals surface area contributed by atoms with Crippen LogP contribution in [-0.4, -0.2) is 11.0 Å². The predicted octanol–water partition coefficient (Wildman–Crippen LogP) is 2.16. The van der Waals surface area contributed by atoms with Gasteiger partial charge in [-0.25, -0.2) is 4.39 Å². The third kappa shape index (κ3) is 1.93. The fourth-order valence-electron chi connectivity index (χ4n) is 2.00. The molecule has 0 aliphatic heterocycles. The van der Waals surface area contributed by atoms with E-state index in [0.29, 0.717) is 24.1 Å². The first kappa shape index (κ1) is 11.1. The highest BCUT2D eigenvalue weighted by Crippen LogP contribution is 2.44. The third-order valence-electron chi connectivity index (χ3n) is 2.97. The van der Waals surface area contributed by atoms with Gasteiger partial charge in [-0.2, -0.15) is 0 Å². The smallest absolute Gasteiger partial charge is 0.221 e. The molecule has 16 heavy (non-hydrogen) atoms. The van der Waals surface area contributed by atoms with Gasteiger partial charge >= 0.3 is 0 Å². The Bertz CT molecular complexity index is 427. The number of anilines is 1. The van der Waals surface area contributed by atoms with Crippen LogP contribution in [0.2, 0.25) is 0 Å². The third-order valence-corrected chi connectivity index (χ3v) is 2.97. The molecule has 1 fully saturated rings. The molecule has 0 unspecified atom stereocenters. The van der Waals surface area contributed by atoms with Crippen molar-refractivity contribution in [1.29, 1.82) is 0 Å². The molecule has 0 spiro atoms. The first-order valence-electron chi connectivity index (χ1n) is 5.31. The SMILES string of the molecule is CC(=O)Nc1cc(F)ccc1C1(O)CCC1. The van der Waals surface area contributed by atoms with Gasteiger partial charge in [0.05, 0.1) is 5.60 Å². The number of benzene rings is 1. The largest absolute Gasteiger partial charge is 0.385 e. The molecule has 86 valence electrons. The lowest BCUT2D eigenvalue weighted by molar-refractivity contribution is -0.114. The van der Waals surface area contributed by atoms with E-state index in [9.17, 15) is 14.3 Å². The molecule has 0 atom stereocenters. The molecule has 4 heteroatoms. The van der Waals surface area contributed by atoms with Crippen LogP contribution in [0.25, 0.3) is 0 Å². The van der Waals surface area contributed by atoms with Crippen molar-refractivity contribution in [2.45, 2.75) is 31.8 Å². The summed E-state index contributed by atoms with van der Waals surface area (Å²) < 4.78 is 13.1. The standard InChI is InChI=1S/C12H14FNO2/c1-8(15)14-11-7-9(13)3-4-10(11)12(16)5-2-6-12/h3-4,7,16H,2,5-6H2,1H3,(H,14,15). The van der Waals surface area contributed by atoms with E-state index in [4.69, 9.17) is 0 Å². The lowest BCUT2D eigenvalue weighted by Crippen LogP contribution is -2.34. The molecule has 2 N–H and O–H groups in total. The van der Waals surface area contributed by atoms with Crippen molar-refractivity contribution >= 4 is 11.6 Å². The van der Waals surface area contributed by atoms with E-state index in [1.165, 1.54) is 19.1 Å². The van der Waals surface area contributed by atoms with Crippen LogP contribution in [0, 0.1) is 5.82 Å². The molecule has 1 amide bonds. The van der Waals surface area contributed by atoms with Crippen LogP contribution in [0.15, 0.2) is 18.2 Å². The van der Waals surface area contributed by atoms with Gasteiger partial charge in [0.1, 0.15) is 5.82 Å². The first-order chi connectivity index (χ1) is 7.51. The zero-order valence-electron chi connectivity index (χ0n) is 9.09. The van der Waals surface area contributed by atoms with Crippen LogP contribution in [0.5, 0.6) is 0 Å². The van der Waals surface area contributed by atoms with E-state index in [1.807, 2.05) is 0 Å². The summed E-state index contributed by atoms with van der Waals surface area (Å²) in [4.78, 5) is 11.0. The molecule has 0 radical (unpaired) electrons. The number of amides is 1. The van der Waals surface area contributed by atoms with E-state index >= 15 is 0 Å². The summed E-state index contributed by atoms with van der Waals surface area (Å²) in [5, 5.41) is 12.7. The Balaban J connectivity index is 2.39. The first-order valence-corrected chi connectivity index (χ1v) is 5.31. The zero-order chi connectivity index (χ0) is 11.8. The van der Waals surface area contributed by atoms with Crippen molar-refractivity contribution in [2.24, 2.45) is 0 Å². The van der Waals surface area contributed by atoms with Crippen molar-refractivity contribution < 1.29 is 14.3 Å². The number of nitrogens with one attached hydrogen (secondary N) is 1.